The van der Waals surface area contributed by atoms with Crippen LogP contribution in [0, 0.1) is 0 Å². The van der Waals surface area contributed by atoms with Crippen LogP contribution in [0.5, 0.6) is 0 Å². The first-order valence-corrected chi connectivity index (χ1v) is 14.7. The summed E-state index contributed by atoms with van der Waals surface area (Å²) in [6.45, 7) is 4.81. The average Bonchev–Trinajstić information content (AvgIpc) is 3.45. The molecule has 6 rings (SSSR count). The molecule has 36 heavy (non-hydrogen) atoms. The number of allylic oxidation sites excluding steroid dienone is 2. The van der Waals surface area contributed by atoms with Crippen molar-refractivity contribution < 1.29 is 42.2 Å². The Morgan fingerprint density at radius 1 is 0.500 bits per heavy atom. The topological polar surface area (TPSA) is 0 Å². The molecule has 2 atom stereocenters. The van der Waals surface area contributed by atoms with Gasteiger partial charge in [0.15, 0.2) is 0 Å². The zero-order valence-electron chi connectivity index (χ0n) is 20.5. The van der Waals surface area contributed by atoms with E-state index in [2.05, 4.69) is 135 Å². The van der Waals surface area contributed by atoms with E-state index in [-0.39, 0.29) is 24.8 Å². The van der Waals surface area contributed by atoms with E-state index in [0.29, 0.717) is 8.45 Å². The Morgan fingerprint density at radius 2 is 0.861 bits per heavy atom. The minimum Gasteiger partial charge on any atom is -1.00 e. The van der Waals surface area contributed by atoms with E-state index in [1.807, 2.05) is 0 Å². The molecule has 0 fully saturated rings. The Labute approximate surface area is 233 Å². The third-order valence-corrected chi connectivity index (χ3v) is 13.0. The molecule has 0 N–H and O–H groups in total. The molecule has 0 bridgehead atoms. The zero-order chi connectivity index (χ0) is 23.1. The van der Waals surface area contributed by atoms with E-state index in [0.717, 1.165) is 0 Å². The van der Waals surface area contributed by atoms with Gasteiger partial charge in [0.2, 0.25) is 0 Å². The standard InChI is InChI=1S/2C15H11.C3H6.2ClH.Ti/c2*1-2-6-12(7-3-1)15-10-13-8-4-5-9-14(13)11-15;1-3-2;;;/h2*1-11H;1-2H3;2*1H;/q;;;;;+2/p-2. The number of rotatable bonds is 4. The smallest absolute Gasteiger partial charge is 1.00 e. The normalized spacial score (nSPS) is 16.8. The molecule has 0 aromatic heterocycles. The van der Waals surface area contributed by atoms with Crippen molar-refractivity contribution in [1.82, 2.24) is 0 Å². The molecular formula is C33H28Cl2Ti. The van der Waals surface area contributed by atoms with Gasteiger partial charge >= 0.3 is 209 Å². The summed E-state index contributed by atoms with van der Waals surface area (Å²) in [6.07, 6.45) is 4.94. The largest absolute Gasteiger partial charge is 1.00 e. The first kappa shape index (κ1) is 26.6. The van der Waals surface area contributed by atoms with E-state index >= 15 is 0 Å². The van der Waals surface area contributed by atoms with Crippen molar-refractivity contribution >= 4 is 27.1 Å². The minimum atomic E-state index is -1.94. The maximum Gasteiger partial charge on any atom is -1.00 e. The van der Waals surface area contributed by atoms with Gasteiger partial charge in [-0.25, -0.2) is 0 Å². The SMILES string of the molecule is C[C](C)=[Ti+2]([CH]1C(c2ccccc2)=Cc2ccccc21)[CH]1C(c2ccccc2)=Cc2ccccc21.[Cl-].[Cl-]. The number of halogens is 2. The van der Waals surface area contributed by atoms with Crippen LogP contribution in [0.3, 0.4) is 0 Å². The second-order valence-electron chi connectivity index (χ2n) is 9.51. The van der Waals surface area contributed by atoms with Gasteiger partial charge in [-0.1, -0.05) is 0 Å². The van der Waals surface area contributed by atoms with Gasteiger partial charge in [-0.3, -0.25) is 0 Å². The molecule has 0 nitrogen and oxygen atoms in total. The minimum absolute atomic E-state index is 0. The first-order valence-electron chi connectivity index (χ1n) is 12.1. The second-order valence-corrected chi connectivity index (χ2v) is 14.3. The summed E-state index contributed by atoms with van der Waals surface area (Å²) in [6, 6.07) is 40.3. The van der Waals surface area contributed by atoms with E-state index in [1.165, 1.54) is 44.5 Å². The van der Waals surface area contributed by atoms with E-state index in [4.69, 9.17) is 0 Å². The fourth-order valence-electron chi connectivity index (χ4n) is 5.82. The molecule has 4 aromatic carbocycles. The van der Waals surface area contributed by atoms with Crippen LogP contribution >= 0.6 is 0 Å². The second kappa shape index (κ2) is 11.3. The van der Waals surface area contributed by atoms with Crippen LogP contribution in [0.2, 0.25) is 0 Å². The van der Waals surface area contributed by atoms with Gasteiger partial charge in [0.25, 0.3) is 0 Å². The van der Waals surface area contributed by atoms with Crippen molar-refractivity contribution in [1.29, 1.82) is 0 Å². The van der Waals surface area contributed by atoms with Crippen molar-refractivity contribution in [3.8, 4) is 0 Å². The molecule has 0 spiro atoms. The third-order valence-electron chi connectivity index (χ3n) is 7.27. The van der Waals surface area contributed by atoms with Gasteiger partial charge in [0.05, 0.1) is 0 Å². The number of fused-ring (bicyclic) bond motifs is 2. The van der Waals surface area contributed by atoms with Gasteiger partial charge in [-0.15, -0.1) is 0 Å². The molecule has 0 saturated heterocycles. The predicted octanol–water partition coefficient (Wildman–Crippen LogP) is 2.42. The van der Waals surface area contributed by atoms with E-state index in [1.54, 1.807) is 3.81 Å². The summed E-state index contributed by atoms with van der Waals surface area (Å²) < 4.78 is 2.60. The van der Waals surface area contributed by atoms with Crippen molar-refractivity contribution in [3.05, 3.63) is 143 Å². The molecule has 2 aliphatic carbocycles. The Balaban J connectivity index is 0.00000152. The van der Waals surface area contributed by atoms with Crippen molar-refractivity contribution in [2.24, 2.45) is 0 Å². The van der Waals surface area contributed by atoms with Gasteiger partial charge < -0.3 is 24.8 Å². The van der Waals surface area contributed by atoms with Crippen molar-refractivity contribution in [2.75, 3.05) is 0 Å². The van der Waals surface area contributed by atoms with Crippen LogP contribution < -0.4 is 24.8 Å². The molecule has 2 aliphatic rings. The van der Waals surface area contributed by atoms with Gasteiger partial charge in [0, 0.05) is 0 Å². The summed E-state index contributed by atoms with van der Waals surface area (Å²) in [4.78, 5) is 0. The van der Waals surface area contributed by atoms with Gasteiger partial charge in [-0.05, 0) is 0 Å². The number of hydrogen-bond acceptors (Lipinski definition) is 0. The predicted molar refractivity (Wildman–Crippen MR) is 143 cm³/mol. The van der Waals surface area contributed by atoms with Crippen molar-refractivity contribution in [2.45, 2.75) is 22.3 Å². The molecule has 0 saturated carbocycles. The molecule has 3 heteroatoms. The Bertz CT molecular complexity index is 1360. The van der Waals surface area contributed by atoms with Crippen molar-refractivity contribution in [3.63, 3.8) is 0 Å². The van der Waals surface area contributed by atoms with E-state index < -0.39 is 17.4 Å². The summed E-state index contributed by atoms with van der Waals surface area (Å²) in [5, 5.41) is 0. The maximum atomic E-state index is 2.47. The van der Waals surface area contributed by atoms with E-state index in [9.17, 15) is 0 Å². The molecule has 2 unspecified atom stereocenters. The quantitative estimate of drug-likeness (QED) is 0.347. The van der Waals surface area contributed by atoms with Crippen LogP contribution in [-0.4, -0.2) is 3.81 Å². The molecular weight excluding hydrogens is 515 g/mol. The molecule has 178 valence electrons. The molecule has 0 amide bonds. The Kier molecular flexibility index (Phi) is 8.33. The zero-order valence-corrected chi connectivity index (χ0v) is 23.5. The molecule has 0 aliphatic heterocycles. The summed E-state index contributed by atoms with van der Waals surface area (Å²) in [7, 11) is 0. The third kappa shape index (κ3) is 4.64. The maximum absolute atomic E-state index is 2.47. The van der Waals surface area contributed by atoms with Crippen LogP contribution in [0.4, 0.5) is 0 Å². The fraction of sp³-hybridized carbons (Fsp3) is 0.121. The monoisotopic (exact) mass is 542 g/mol. The number of benzene rings is 4. The molecule has 4 aromatic rings. The van der Waals surface area contributed by atoms with Crippen LogP contribution in [0.15, 0.2) is 109 Å². The summed E-state index contributed by atoms with van der Waals surface area (Å²) in [5.41, 5.74) is 11.6. The van der Waals surface area contributed by atoms with Crippen LogP contribution in [0.25, 0.3) is 23.3 Å². The molecule has 0 radical (unpaired) electrons. The van der Waals surface area contributed by atoms with Gasteiger partial charge in [0.1, 0.15) is 0 Å². The first-order chi connectivity index (χ1) is 16.7. The van der Waals surface area contributed by atoms with Gasteiger partial charge in [-0.2, -0.15) is 0 Å². The fourth-order valence-corrected chi connectivity index (χ4v) is 11.8. The van der Waals surface area contributed by atoms with Crippen LogP contribution in [-0.2, 0) is 17.4 Å². The number of hydrogen-bond donors (Lipinski definition) is 0. The average molecular weight is 543 g/mol. The van der Waals surface area contributed by atoms with Crippen LogP contribution in [0.1, 0.15) is 55.7 Å². The Morgan fingerprint density at radius 3 is 1.25 bits per heavy atom. The summed E-state index contributed by atoms with van der Waals surface area (Å²) in [5.74, 6) is 0. The Hall–Kier alpha value is -2.48. The summed E-state index contributed by atoms with van der Waals surface area (Å²) >= 11 is -1.94. The molecule has 0 heterocycles.